The van der Waals surface area contributed by atoms with Crippen LogP contribution in [0.3, 0.4) is 0 Å². The Hall–Kier alpha value is -3.07. The highest BCUT2D eigenvalue weighted by atomic mass is 16.6. The van der Waals surface area contributed by atoms with Crippen molar-refractivity contribution in [2.24, 2.45) is 0 Å². The molecule has 0 spiro atoms. The molecular weight excluding hydrogens is 320 g/mol. The maximum absolute atomic E-state index is 12.5. The third-order valence-corrected chi connectivity index (χ3v) is 4.94. The minimum Gasteiger partial charge on any atom is -0.483 e. The highest BCUT2D eigenvalue weighted by Crippen LogP contribution is 2.49. The molecule has 0 N–H and O–H groups in total. The minimum atomic E-state index is -1.17. The zero-order valence-corrected chi connectivity index (χ0v) is 14.2. The molecule has 128 valence electrons. The predicted molar refractivity (Wildman–Crippen MR) is 90.3 cm³/mol. The maximum atomic E-state index is 12.5. The number of hydrogen-bond donors (Lipinski definition) is 0. The van der Waals surface area contributed by atoms with Gasteiger partial charge in [0.25, 0.3) is 12.0 Å². The van der Waals surface area contributed by atoms with Crippen LogP contribution in [-0.4, -0.2) is 22.2 Å². The normalized spacial score (nSPS) is 23.7. The van der Waals surface area contributed by atoms with Gasteiger partial charge in [0.05, 0.1) is 11.6 Å². The number of pyridine rings is 1. The van der Waals surface area contributed by atoms with E-state index in [9.17, 15) is 14.9 Å². The number of hydrogen-bond acceptors (Lipinski definition) is 5. The van der Waals surface area contributed by atoms with Gasteiger partial charge in [-0.3, -0.25) is 9.59 Å². The second kappa shape index (κ2) is 5.78. The van der Waals surface area contributed by atoms with E-state index >= 15 is 0 Å². The first-order valence-electron chi connectivity index (χ1n) is 7.86. The maximum Gasteiger partial charge on any atom is 0.293 e. The molecule has 25 heavy (non-hydrogen) atoms. The number of aromatic nitrogens is 1. The van der Waals surface area contributed by atoms with Crippen molar-refractivity contribution in [2.75, 3.05) is 0 Å². The molecule has 1 aromatic heterocycles. The molecule has 0 saturated heterocycles. The van der Waals surface area contributed by atoms with E-state index in [1.807, 2.05) is 0 Å². The predicted octanol–water partition coefficient (Wildman–Crippen LogP) is 2.41. The lowest BCUT2D eigenvalue weighted by molar-refractivity contribution is -0.180. The molecule has 6 heteroatoms. The van der Waals surface area contributed by atoms with Crippen LogP contribution in [0, 0.1) is 11.3 Å². The molecule has 2 aromatic rings. The fourth-order valence-corrected chi connectivity index (χ4v) is 3.30. The Labute approximate surface area is 145 Å². The van der Waals surface area contributed by atoms with E-state index in [0.717, 1.165) is 0 Å². The number of benzene rings is 1. The van der Waals surface area contributed by atoms with Gasteiger partial charge in [-0.1, -0.05) is 6.07 Å². The lowest BCUT2D eigenvalue weighted by atomic mass is 9.74. The molecule has 3 rings (SSSR count). The van der Waals surface area contributed by atoms with Gasteiger partial charge in [0.1, 0.15) is 17.4 Å². The number of ether oxygens (including phenoxy) is 2. The Kier molecular flexibility index (Phi) is 3.88. The van der Waals surface area contributed by atoms with E-state index in [-0.39, 0.29) is 5.56 Å². The van der Waals surface area contributed by atoms with Crippen LogP contribution in [0.4, 0.5) is 0 Å². The van der Waals surface area contributed by atoms with Crippen LogP contribution in [0.1, 0.15) is 37.9 Å². The number of carbonyl (C=O) groups is 1. The van der Waals surface area contributed by atoms with Gasteiger partial charge >= 0.3 is 0 Å². The van der Waals surface area contributed by atoms with Gasteiger partial charge in [0.2, 0.25) is 0 Å². The SMILES string of the molecule is CC1(C)Oc2ccc(C#N)cc2C(n2ccccc2=O)C1(C)OC=O. The summed E-state index contributed by atoms with van der Waals surface area (Å²) in [5.74, 6) is 0.553. The molecule has 2 atom stereocenters. The summed E-state index contributed by atoms with van der Waals surface area (Å²) >= 11 is 0. The van der Waals surface area contributed by atoms with Gasteiger partial charge < -0.3 is 14.0 Å². The molecule has 0 amide bonds. The van der Waals surface area contributed by atoms with Crippen molar-refractivity contribution in [1.82, 2.24) is 4.57 Å². The van der Waals surface area contributed by atoms with Crippen LogP contribution in [0.15, 0.2) is 47.4 Å². The summed E-state index contributed by atoms with van der Waals surface area (Å²) in [5.41, 5.74) is -1.25. The molecule has 6 nitrogen and oxygen atoms in total. The zero-order valence-electron chi connectivity index (χ0n) is 14.2. The summed E-state index contributed by atoms with van der Waals surface area (Å²) in [7, 11) is 0. The van der Waals surface area contributed by atoms with E-state index in [2.05, 4.69) is 6.07 Å². The first-order valence-corrected chi connectivity index (χ1v) is 7.86. The molecule has 0 saturated carbocycles. The highest BCUT2D eigenvalue weighted by Gasteiger charge is 2.57. The van der Waals surface area contributed by atoms with Crippen LogP contribution < -0.4 is 10.3 Å². The second-order valence-corrected chi connectivity index (χ2v) is 6.65. The summed E-state index contributed by atoms with van der Waals surface area (Å²) in [5, 5.41) is 9.24. The first-order chi connectivity index (χ1) is 11.8. The summed E-state index contributed by atoms with van der Waals surface area (Å²) in [6, 6.07) is 11.3. The van der Waals surface area contributed by atoms with Crippen LogP contribution in [-0.2, 0) is 9.53 Å². The Balaban J connectivity index is 2.36. The molecule has 0 aliphatic carbocycles. The van der Waals surface area contributed by atoms with E-state index < -0.39 is 17.2 Å². The molecule has 0 bridgehead atoms. The number of nitrogens with zero attached hydrogens (tertiary/aromatic N) is 2. The average molecular weight is 338 g/mol. The first kappa shape index (κ1) is 16.8. The molecule has 2 heterocycles. The quantitative estimate of drug-likeness (QED) is 0.803. The van der Waals surface area contributed by atoms with Crippen molar-refractivity contribution in [3.63, 3.8) is 0 Å². The lowest BCUT2D eigenvalue weighted by Gasteiger charge is -2.51. The van der Waals surface area contributed by atoms with Gasteiger partial charge in [-0.05, 0) is 45.0 Å². The van der Waals surface area contributed by atoms with E-state index in [1.165, 1.54) is 10.6 Å². The Morgan fingerprint density at radius 2 is 2.04 bits per heavy atom. The van der Waals surface area contributed by atoms with Crippen molar-refractivity contribution in [2.45, 2.75) is 38.0 Å². The number of carbonyl (C=O) groups excluding carboxylic acids is 1. The number of fused-ring (bicyclic) bond motifs is 1. The summed E-state index contributed by atoms with van der Waals surface area (Å²) in [4.78, 5) is 23.7. The monoisotopic (exact) mass is 338 g/mol. The van der Waals surface area contributed by atoms with Crippen molar-refractivity contribution >= 4 is 6.47 Å². The molecule has 0 fully saturated rings. The fraction of sp³-hybridized carbons (Fsp3) is 0.316. The molecule has 2 unspecified atom stereocenters. The van der Waals surface area contributed by atoms with E-state index in [0.29, 0.717) is 23.3 Å². The standard InChI is InChI=1S/C19H18N2O4/c1-18(2)19(3,24-12-22)17(21-9-5-4-6-16(21)23)14-10-13(11-20)7-8-15(14)25-18/h4-10,12,17H,1-3H3. The highest BCUT2D eigenvalue weighted by molar-refractivity contribution is 5.49. The van der Waals surface area contributed by atoms with Gasteiger partial charge in [-0.25, -0.2) is 0 Å². The van der Waals surface area contributed by atoms with Crippen LogP contribution >= 0.6 is 0 Å². The van der Waals surface area contributed by atoms with Gasteiger partial charge in [0.15, 0.2) is 5.60 Å². The summed E-state index contributed by atoms with van der Waals surface area (Å²) in [6.45, 7) is 5.70. The topological polar surface area (TPSA) is 81.3 Å². The van der Waals surface area contributed by atoms with Crippen molar-refractivity contribution in [1.29, 1.82) is 5.26 Å². The lowest BCUT2D eigenvalue weighted by Crippen LogP contribution is -2.62. The minimum absolute atomic E-state index is 0.237. The summed E-state index contributed by atoms with van der Waals surface area (Å²) in [6.07, 6.45) is 1.64. The third kappa shape index (κ3) is 2.49. The smallest absolute Gasteiger partial charge is 0.293 e. The molecule has 1 aromatic carbocycles. The Morgan fingerprint density at radius 3 is 2.68 bits per heavy atom. The third-order valence-electron chi connectivity index (χ3n) is 4.94. The molecular formula is C19H18N2O4. The largest absolute Gasteiger partial charge is 0.483 e. The van der Waals surface area contributed by atoms with Crippen molar-refractivity contribution < 1.29 is 14.3 Å². The van der Waals surface area contributed by atoms with Crippen molar-refractivity contribution in [3.8, 4) is 11.8 Å². The van der Waals surface area contributed by atoms with E-state index in [1.54, 1.807) is 57.3 Å². The molecule has 1 aliphatic rings. The fourth-order valence-electron chi connectivity index (χ4n) is 3.30. The van der Waals surface area contributed by atoms with Crippen molar-refractivity contribution in [3.05, 3.63) is 64.1 Å². The van der Waals surface area contributed by atoms with E-state index in [4.69, 9.17) is 9.47 Å². The number of nitriles is 1. The van der Waals surface area contributed by atoms with Crippen LogP contribution in [0.2, 0.25) is 0 Å². The summed E-state index contributed by atoms with van der Waals surface area (Å²) < 4.78 is 13.1. The Bertz CT molecular complexity index is 926. The average Bonchev–Trinajstić information content (AvgIpc) is 2.57. The second-order valence-electron chi connectivity index (χ2n) is 6.65. The molecule has 1 aliphatic heterocycles. The van der Waals surface area contributed by atoms with Gasteiger partial charge in [0, 0.05) is 17.8 Å². The van der Waals surface area contributed by atoms with Crippen LogP contribution in [0.5, 0.6) is 5.75 Å². The zero-order chi connectivity index (χ0) is 18.2. The molecule has 0 radical (unpaired) electrons. The number of rotatable bonds is 3. The Morgan fingerprint density at radius 1 is 1.28 bits per heavy atom. The van der Waals surface area contributed by atoms with Gasteiger partial charge in [-0.2, -0.15) is 5.26 Å². The van der Waals surface area contributed by atoms with Gasteiger partial charge in [-0.15, -0.1) is 0 Å². The van der Waals surface area contributed by atoms with Crippen LogP contribution in [0.25, 0.3) is 0 Å².